The number of thioether (sulfide) groups is 1. The molecule has 0 radical (unpaired) electrons. The standard InChI is InChI=1S/C27H27N3OS2/c1-18-11-12-23-21(15-18)16-22(25(28-23)29-13-7-4-8-14-29)17-24-26(31)30(27(32)33-24)19(2)20-9-5-3-6-10-20/h3,5-6,9-12,15-17,19H,4,7-8,13-14H2,1-2H3/b24-17-. The molecule has 1 atom stereocenters. The number of hydrogen-bond acceptors (Lipinski definition) is 5. The molecule has 4 nitrogen and oxygen atoms in total. The van der Waals surface area contributed by atoms with Crippen LogP contribution >= 0.6 is 24.0 Å². The Morgan fingerprint density at radius 1 is 1.06 bits per heavy atom. The van der Waals surface area contributed by atoms with Crippen LogP contribution in [0.5, 0.6) is 0 Å². The van der Waals surface area contributed by atoms with Crippen molar-refractivity contribution in [2.45, 2.75) is 39.2 Å². The largest absolute Gasteiger partial charge is 0.356 e. The summed E-state index contributed by atoms with van der Waals surface area (Å²) in [5, 5.41) is 1.09. The van der Waals surface area contributed by atoms with Crippen LogP contribution in [0.15, 0.2) is 59.5 Å². The number of rotatable bonds is 4. The third-order valence-electron chi connectivity index (χ3n) is 6.41. The molecule has 0 aliphatic carbocycles. The quantitative estimate of drug-likeness (QED) is 0.319. The SMILES string of the molecule is Cc1ccc2nc(N3CCCCC3)c(/C=C3\SC(=S)N(C(C)c4ccccc4)C3=O)cc2c1. The van der Waals surface area contributed by atoms with Crippen molar-refractivity contribution in [3.63, 3.8) is 0 Å². The molecule has 2 fully saturated rings. The normalized spacial score (nSPS) is 19.0. The predicted molar refractivity (Wildman–Crippen MR) is 142 cm³/mol. The van der Waals surface area contributed by atoms with Crippen LogP contribution in [0.2, 0.25) is 0 Å². The molecule has 168 valence electrons. The van der Waals surface area contributed by atoms with Crippen molar-refractivity contribution in [3.8, 4) is 0 Å². The van der Waals surface area contributed by atoms with Crippen LogP contribution in [-0.4, -0.2) is 33.2 Å². The molecule has 6 heteroatoms. The highest BCUT2D eigenvalue weighted by Crippen LogP contribution is 2.39. The summed E-state index contributed by atoms with van der Waals surface area (Å²) in [5.41, 5.74) is 4.25. The molecule has 1 unspecified atom stereocenters. The molecule has 5 rings (SSSR count). The molecule has 2 aliphatic heterocycles. The minimum absolute atomic E-state index is 0.0321. The Kier molecular flexibility index (Phi) is 6.21. The van der Waals surface area contributed by atoms with Gasteiger partial charge in [-0.2, -0.15) is 0 Å². The first-order valence-electron chi connectivity index (χ1n) is 11.5. The van der Waals surface area contributed by atoms with Crippen LogP contribution < -0.4 is 4.90 Å². The van der Waals surface area contributed by atoms with Crippen LogP contribution in [0.4, 0.5) is 5.82 Å². The molecule has 1 amide bonds. The highest BCUT2D eigenvalue weighted by Gasteiger charge is 2.36. The molecule has 2 saturated heterocycles. The number of aryl methyl sites for hydroxylation is 1. The highest BCUT2D eigenvalue weighted by atomic mass is 32.2. The highest BCUT2D eigenvalue weighted by molar-refractivity contribution is 8.26. The lowest BCUT2D eigenvalue weighted by Crippen LogP contribution is -2.31. The van der Waals surface area contributed by atoms with Gasteiger partial charge < -0.3 is 4.90 Å². The zero-order valence-corrected chi connectivity index (χ0v) is 20.6. The van der Waals surface area contributed by atoms with Crippen molar-refractivity contribution in [2.75, 3.05) is 18.0 Å². The maximum absolute atomic E-state index is 13.5. The minimum Gasteiger partial charge on any atom is -0.356 e. The van der Waals surface area contributed by atoms with Crippen LogP contribution in [0, 0.1) is 6.92 Å². The topological polar surface area (TPSA) is 36.4 Å². The van der Waals surface area contributed by atoms with E-state index in [1.165, 1.54) is 36.6 Å². The fraction of sp³-hybridized carbons (Fsp3) is 0.296. The number of thiocarbonyl (C=S) groups is 1. The van der Waals surface area contributed by atoms with E-state index in [0.717, 1.165) is 40.9 Å². The van der Waals surface area contributed by atoms with E-state index in [4.69, 9.17) is 17.2 Å². The number of carbonyl (C=O) groups excluding carboxylic acids is 1. The van der Waals surface area contributed by atoms with Crippen molar-refractivity contribution < 1.29 is 4.79 Å². The molecule has 0 N–H and O–H groups in total. The summed E-state index contributed by atoms with van der Waals surface area (Å²) in [4.78, 5) is 23.3. The number of fused-ring (bicyclic) bond motifs is 1. The Bertz CT molecular complexity index is 1250. The van der Waals surface area contributed by atoms with Crippen LogP contribution in [0.3, 0.4) is 0 Å². The Morgan fingerprint density at radius 3 is 2.58 bits per heavy atom. The lowest BCUT2D eigenvalue weighted by atomic mass is 10.1. The summed E-state index contributed by atoms with van der Waals surface area (Å²) in [6.45, 7) is 6.12. The number of hydrogen-bond donors (Lipinski definition) is 0. The van der Waals surface area contributed by atoms with Crippen molar-refractivity contribution in [2.24, 2.45) is 0 Å². The summed E-state index contributed by atoms with van der Waals surface area (Å²) < 4.78 is 0.603. The van der Waals surface area contributed by atoms with Crippen LogP contribution in [0.1, 0.15) is 48.9 Å². The van der Waals surface area contributed by atoms with Gasteiger partial charge in [0.25, 0.3) is 5.91 Å². The Hall–Kier alpha value is -2.70. The van der Waals surface area contributed by atoms with Crippen molar-refractivity contribution in [1.82, 2.24) is 9.88 Å². The lowest BCUT2D eigenvalue weighted by Gasteiger charge is -2.29. The Labute approximate surface area is 204 Å². The molecule has 0 bridgehead atoms. The van der Waals surface area contributed by atoms with Gasteiger partial charge in [0.15, 0.2) is 0 Å². The van der Waals surface area contributed by atoms with E-state index in [1.54, 1.807) is 4.90 Å². The van der Waals surface area contributed by atoms with E-state index in [1.807, 2.05) is 43.3 Å². The summed E-state index contributed by atoms with van der Waals surface area (Å²) in [5.74, 6) is 0.933. The number of amides is 1. The average molecular weight is 474 g/mol. The first-order chi connectivity index (χ1) is 16.0. The van der Waals surface area contributed by atoms with Gasteiger partial charge in [0.1, 0.15) is 10.1 Å². The van der Waals surface area contributed by atoms with Crippen molar-refractivity contribution >= 4 is 57.0 Å². The molecule has 1 aromatic heterocycles. The number of anilines is 1. The van der Waals surface area contributed by atoms with Gasteiger partial charge in [0, 0.05) is 24.0 Å². The second-order valence-electron chi connectivity index (χ2n) is 8.78. The minimum atomic E-state index is -0.108. The molecule has 3 heterocycles. The van der Waals surface area contributed by atoms with Crippen molar-refractivity contribution in [3.05, 3.63) is 76.2 Å². The van der Waals surface area contributed by atoms with Crippen molar-refractivity contribution in [1.29, 1.82) is 0 Å². The third kappa shape index (κ3) is 4.42. The molecular weight excluding hydrogens is 446 g/mol. The Balaban J connectivity index is 1.55. The summed E-state index contributed by atoms with van der Waals surface area (Å²) in [6.07, 6.45) is 5.60. The second-order valence-corrected chi connectivity index (χ2v) is 10.5. The Morgan fingerprint density at radius 2 is 1.82 bits per heavy atom. The maximum atomic E-state index is 13.5. The summed E-state index contributed by atoms with van der Waals surface area (Å²) in [6, 6.07) is 18.5. The summed E-state index contributed by atoms with van der Waals surface area (Å²) >= 11 is 7.03. The fourth-order valence-electron chi connectivity index (χ4n) is 4.60. The third-order valence-corrected chi connectivity index (χ3v) is 7.74. The first kappa shape index (κ1) is 22.1. The first-order valence-corrected chi connectivity index (χ1v) is 12.7. The number of nitrogens with zero attached hydrogens (tertiary/aromatic N) is 3. The molecule has 3 aromatic rings. The number of aromatic nitrogens is 1. The monoisotopic (exact) mass is 473 g/mol. The summed E-state index contributed by atoms with van der Waals surface area (Å²) in [7, 11) is 0. The van der Waals surface area contributed by atoms with E-state index in [2.05, 4.69) is 36.1 Å². The van der Waals surface area contributed by atoms with Gasteiger partial charge in [0.05, 0.1) is 16.5 Å². The van der Waals surface area contributed by atoms with E-state index >= 15 is 0 Å². The number of benzene rings is 2. The molecule has 0 saturated carbocycles. The maximum Gasteiger partial charge on any atom is 0.266 e. The lowest BCUT2D eigenvalue weighted by molar-refractivity contribution is -0.123. The second kappa shape index (κ2) is 9.27. The number of carbonyl (C=O) groups is 1. The number of pyridine rings is 1. The van der Waals surface area contributed by atoms with Gasteiger partial charge in [-0.3, -0.25) is 9.69 Å². The average Bonchev–Trinajstić information content (AvgIpc) is 3.11. The van der Waals surface area contributed by atoms with Crippen LogP contribution in [-0.2, 0) is 4.79 Å². The van der Waals surface area contributed by atoms with Gasteiger partial charge in [-0.1, -0.05) is 65.9 Å². The molecule has 33 heavy (non-hydrogen) atoms. The molecule has 0 spiro atoms. The van der Waals surface area contributed by atoms with Gasteiger partial charge in [0.2, 0.25) is 0 Å². The van der Waals surface area contributed by atoms with Gasteiger partial charge >= 0.3 is 0 Å². The zero-order valence-electron chi connectivity index (χ0n) is 19.0. The van der Waals surface area contributed by atoms with E-state index in [-0.39, 0.29) is 11.9 Å². The van der Waals surface area contributed by atoms with E-state index in [0.29, 0.717) is 9.23 Å². The molecule has 2 aromatic carbocycles. The van der Waals surface area contributed by atoms with E-state index < -0.39 is 0 Å². The molecular formula is C27H27N3OS2. The van der Waals surface area contributed by atoms with Gasteiger partial charge in [-0.05, 0) is 62.9 Å². The number of piperidine rings is 1. The van der Waals surface area contributed by atoms with Crippen LogP contribution in [0.25, 0.3) is 17.0 Å². The fourth-order valence-corrected chi connectivity index (χ4v) is 6.01. The zero-order chi connectivity index (χ0) is 22.9. The predicted octanol–water partition coefficient (Wildman–Crippen LogP) is 6.50. The van der Waals surface area contributed by atoms with Gasteiger partial charge in [-0.15, -0.1) is 0 Å². The smallest absolute Gasteiger partial charge is 0.266 e. The van der Waals surface area contributed by atoms with Gasteiger partial charge in [-0.25, -0.2) is 4.98 Å². The van der Waals surface area contributed by atoms with E-state index in [9.17, 15) is 4.79 Å². The molecule has 2 aliphatic rings.